The normalized spacial score (nSPS) is 41.5. The SMILES string of the molecule is O=C(c1cccc(-c2ccccc2P(C23CC4CC(CC(C4)C2)C3)C23CC4CC(CC(C4)C2)C3)c1)N1CCCC1. The summed E-state index contributed by atoms with van der Waals surface area (Å²) in [6, 6.07) is 18.5. The van der Waals surface area contributed by atoms with Crippen LogP contribution >= 0.6 is 7.92 Å². The molecule has 3 heteroatoms. The predicted molar refractivity (Wildman–Crippen MR) is 165 cm³/mol. The van der Waals surface area contributed by atoms with Gasteiger partial charge < -0.3 is 4.90 Å². The van der Waals surface area contributed by atoms with Crippen LogP contribution < -0.4 is 5.30 Å². The number of nitrogens with zero attached hydrogens (tertiary/aromatic N) is 1. The topological polar surface area (TPSA) is 20.3 Å². The fourth-order valence-electron chi connectivity index (χ4n) is 12.5. The first-order valence-corrected chi connectivity index (χ1v) is 18.2. The van der Waals surface area contributed by atoms with Crippen molar-refractivity contribution in [3.8, 4) is 11.1 Å². The smallest absolute Gasteiger partial charge is 0.253 e. The minimum Gasteiger partial charge on any atom is -0.339 e. The van der Waals surface area contributed by atoms with Crippen LogP contribution in [0.25, 0.3) is 11.1 Å². The van der Waals surface area contributed by atoms with Crippen LogP contribution in [0.15, 0.2) is 48.5 Å². The molecule has 1 amide bonds. The van der Waals surface area contributed by atoms with E-state index in [1.807, 2.05) is 0 Å². The van der Waals surface area contributed by atoms with Crippen molar-refractivity contribution in [2.24, 2.45) is 35.5 Å². The second kappa shape index (κ2) is 9.17. The number of benzene rings is 2. The van der Waals surface area contributed by atoms with Gasteiger partial charge in [-0.3, -0.25) is 4.79 Å². The highest BCUT2D eigenvalue weighted by atomic mass is 31.1. The van der Waals surface area contributed by atoms with E-state index in [4.69, 9.17) is 0 Å². The molecular weight excluding hydrogens is 505 g/mol. The molecule has 1 saturated heterocycles. The largest absolute Gasteiger partial charge is 0.339 e. The van der Waals surface area contributed by atoms with Crippen molar-refractivity contribution in [3.05, 3.63) is 54.1 Å². The fourth-order valence-corrected chi connectivity index (χ4v) is 17.9. The van der Waals surface area contributed by atoms with Crippen molar-refractivity contribution in [1.82, 2.24) is 4.90 Å². The van der Waals surface area contributed by atoms with Gasteiger partial charge in [-0.2, -0.15) is 0 Å². The van der Waals surface area contributed by atoms with Gasteiger partial charge in [-0.15, -0.1) is 0 Å². The molecule has 2 aromatic carbocycles. The number of rotatable bonds is 5. The zero-order valence-corrected chi connectivity index (χ0v) is 25.1. The highest BCUT2D eigenvalue weighted by Gasteiger charge is 2.63. The maximum atomic E-state index is 13.4. The maximum absolute atomic E-state index is 13.4. The van der Waals surface area contributed by atoms with Crippen LogP contribution in [0.4, 0.5) is 0 Å². The van der Waals surface area contributed by atoms with Gasteiger partial charge in [0, 0.05) is 18.7 Å². The Bertz CT molecular complexity index is 1210. The molecule has 0 aromatic heterocycles. The van der Waals surface area contributed by atoms with E-state index in [2.05, 4.69) is 53.4 Å². The molecule has 8 saturated carbocycles. The predicted octanol–water partition coefficient (Wildman–Crippen LogP) is 8.63. The average Bonchev–Trinajstić information content (AvgIpc) is 3.47. The van der Waals surface area contributed by atoms with E-state index < -0.39 is 0 Å². The molecule has 210 valence electrons. The highest BCUT2D eigenvalue weighted by molar-refractivity contribution is 7.69. The van der Waals surface area contributed by atoms with Gasteiger partial charge in [0.1, 0.15) is 0 Å². The molecule has 0 spiro atoms. The van der Waals surface area contributed by atoms with Crippen LogP contribution in [0.1, 0.15) is 100 Å². The number of amides is 1. The van der Waals surface area contributed by atoms with Crippen molar-refractivity contribution in [3.63, 3.8) is 0 Å². The Morgan fingerprint density at radius 2 is 1.15 bits per heavy atom. The van der Waals surface area contributed by atoms with Gasteiger partial charge in [-0.05, 0) is 164 Å². The summed E-state index contributed by atoms with van der Waals surface area (Å²) in [7, 11) is -0.277. The van der Waals surface area contributed by atoms with Crippen molar-refractivity contribution in [2.45, 2.75) is 100 Å². The van der Waals surface area contributed by atoms with Gasteiger partial charge in [0.2, 0.25) is 0 Å². The zero-order valence-electron chi connectivity index (χ0n) is 24.2. The molecule has 0 atom stereocenters. The maximum Gasteiger partial charge on any atom is 0.253 e. The Hall–Kier alpha value is -1.66. The number of hydrogen-bond acceptors (Lipinski definition) is 1. The Labute approximate surface area is 242 Å². The molecule has 0 N–H and O–H groups in total. The van der Waals surface area contributed by atoms with Gasteiger partial charge in [-0.1, -0.05) is 44.3 Å². The van der Waals surface area contributed by atoms with Crippen LogP contribution in [0, 0.1) is 35.5 Å². The summed E-state index contributed by atoms with van der Waals surface area (Å²) in [6.45, 7) is 1.84. The second-order valence-corrected chi connectivity index (χ2v) is 18.8. The lowest BCUT2D eigenvalue weighted by Gasteiger charge is -2.67. The highest BCUT2D eigenvalue weighted by Crippen LogP contribution is 2.78. The molecule has 8 bridgehead atoms. The summed E-state index contributed by atoms with van der Waals surface area (Å²) in [5, 5.41) is 2.86. The minimum atomic E-state index is -0.277. The zero-order chi connectivity index (χ0) is 26.5. The Kier molecular flexibility index (Phi) is 5.71. The van der Waals surface area contributed by atoms with E-state index in [1.54, 1.807) is 5.30 Å². The van der Waals surface area contributed by atoms with Gasteiger partial charge in [0.15, 0.2) is 0 Å². The molecule has 0 unspecified atom stereocenters. The fraction of sp³-hybridized carbons (Fsp3) is 0.649. The summed E-state index contributed by atoms with van der Waals surface area (Å²) in [5.74, 6) is 6.23. The van der Waals surface area contributed by atoms with Crippen LogP contribution in [-0.4, -0.2) is 34.2 Å². The first-order chi connectivity index (χ1) is 19.6. The molecule has 1 heterocycles. The van der Waals surface area contributed by atoms with E-state index in [9.17, 15) is 4.79 Å². The number of carbonyl (C=O) groups is 1. The van der Waals surface area contributed by atoms with Crippen LogP contribution in [0.5, 0.6) is 0 Å². The number of likely N-dealkylation sites (tertiary alicyclic amines) is 1. The van der Waals surface area contributed by atoms with Crippen molar-refractivity contribution in [2.75, 3.05) is 13.1 Å². The molecule has 8 aliphatic carbocycles. The average molecular weight is 552 g/mol. The third-order valence-electron chi connectivity index (χ3n) is 12.9. The van der Waals surface area contributed by atoms with E-state index in [1.165, 1.54) is 88.2 Å². The van der Waals surface area contributed by atoms with Gasteiger partial charge in [0.05, 0.1) is 0 Å². The monoisotopic (exact) mass is 551 g/mol. The molecule has 9 fully saturated rings. The third-order valence-corrected chi connectivity index (χ3v) is 16.8. The summed E-state index contributed by atoms with van der Waals surface area (Å²) < 4.78 is 0. The molecule has 11 rings (SSSR count). The molecule has 1 aliphatic heterocycles. The van der Waals surface area contributed by atoms with Crippen molar-refractivity contribution in [1.29, 1.82) is 0 Å². The van der Waals surface area contributed by atoms with Crippen LogP contribution in [0.2, 0.25) is 0 Å². The summed E-state index contributed by atoms with van der Waals surface area (Å²) >= 11 is 0. The first kappa shape index (κ1) is 24.9. The van der Waals surface area contributed by atoms with Gasteiger partial charge in [0.25, 0.3) is 5.91 Å². The Morgan fingerprint density at radius 1 is 0.650 bits per heavy atom. The number of hydrogen-bond donors (Lipinski definition) is 0. The van der Waals surface area contributed by atoms with Crippen molar-refractivity contribution >= 4 is 19.1 Å². The molecular formula is C37H46NOP. The Morgan fingerprint density at radius 3 is 1.68 bits per heavy atom. The van der Waals surface area contributed by atoms with E-state index in [-0.39, 0.29) is 13.8 Å². The van der Waals surface area contributed by atoms with Crippen LogP contribution in [0.3, 0.4) is 0 Å². The molecule has 0 radical (unpaired) electrons. The number of carbonyl (C=O) groups excluding carboxylic acids is 1. The summed E-state index contributed by atoms with van der Waals surface area (Å²) in [4.78, 5) is 15.5. The lowest BCUT2D eigenvalue weighted by atomic mass is 9.55. The molecule has 2 nitrogen and oxygen atoms in total. The van der Waals surface area contributed by atoms with Crippen LogP contribution in [-0.2, 0) is 0 Å². The summed E-state index contributed by atoms with van der Waals surface area (Å²) in [5.41, 5.74) is 3.65. The molecule has 40 heavy (non-hydrogen) atoms. The first-order valence-electron chi connectivity index (χ1n) is 16.8. The van der Waals surface area contributed by atoms with Gasteiger partial charge in [-0.25, -0.2) is 0 Å². The third kappa shape index (κ3) is 3.87. The molecule has 2 aromatic rings. The van der Waals surface area contributed by atoms with E-state index >= 15 is 0 Å². The lowest BCUT2D eigenvalue weighted by Crippen LogP contribution is -2.58. The van der Waals surface area contributed by atoms with E-state index in [0.717, 1.165) is 67.0 Å². The molecule has 9 aliphatic rings. The van der Waals surface area contributed by atoms with E-state index in [0.29, 0.717) is 10.3 Å². The van der Waals surface area contributed by atoms with Crippen molar-refractivity contribution < 1.29 is 4.79 Å². The van der Waals surface area contributed by atoms with Gasteiger partial charge >= 0.3 is 0 Å². The standard InChI is InChI=1S/C37H46NOP/c39-35(38-10-3-4-11-38)32-7-5-6-31(18-32)33-8-1-2-9-34(33)40(36-19-25-12-26(20-36)14-27(13-25)21-36)37-22-28-15-29(23-37)17-30(16-28)24-37/h1-2,5-9,18,25-30H,3-4,10-17,19-24H2. The quantitative estimate of drug-likeness (QED) is 0.341. The minimum absolute atomic E-state index is 0.237. The second-order valence-electron chi connectivity index (χ2n) is 15.7. The Balaban J connectivity index is 1.18. The summed E-state index contributed by atoms with van der Waals surface area (Å²) in [6.07, 6.45) is 20.6. The lowest BCUT2D eigenvalue weighted by molar-refractivity contribution is 0.0195.